The minimum absolute atomic E-state index is 0.755. The number of rotatable bonds is 6. The summed E-state index contributed by atoms with van der Waals surface area (Å²) in [5.41, 5.74) is 11.4. The van der Waals surface area contributed by atoms with Gasteiger partial charge in [0.1, 0.15) is 11.5 Å². The van der Waals surface area contributed by atoms with Gasteiger partial charge in [0.15, 0.2) is 0 Å². The summed E-state index contributed by atoms with van der Waals surface area (Å²) >= 11 is 0. The third-order valence-electron chi connectivity index (χ3n) is 12.9. The van der Waals surface area contributed by atoms with Crippen LogP contribution in [0.15, 0.2) is 231 Å². The minimum Gasteiger partial charge on any atom is -0.456 e. The summed E-state index contributed by atoms with van der Waals surface area (Å²) in [7, 11) is 0. The van der Waals surface area contributed by atoms with E-state index in [-0.39, 0.29) is 0 Å². The highest BCUT2D eigenvalue weighted by atomic mass is 16.5. The molecule has 0 aliphatic rings. The monoisotopic (exact) mass is 802 g/mol. The Hall–Kier alpha value is -8.40. The molecule has 0 spiro atoms. The van der Waals surface area contributed by atoms with Crippen molar-refractivity contribution < 1.29 is 4.74 Å². The molecule has 294 valence electrons. The van der Waals surface area contributed by atoms with E-state index >= 15 is 0 Å². The maximum atomic E-state index is 7.44. The molecular weight excluding hydrogens is 765 g/mol. The Balaban J connectivity index is 1.08. The summed E-state index contributed by atoms with van der Waals surface area (Å²) in [5.74, 6) is 1.59. The number of aromatic nitrogens is 2. The van der Waals surface area contributed by atoms with Gasteiger partial charge in [0.25, 0.3) is 0 Å². The smallest absolute Gasteiger partial charge is 0.143 e. The number of ether oxygens (including phenoxy) is 1. The predicted molar refractivity (Wildman–Crippen MR) is 265 cm³/mol. The molecule has 0 fully saturated rings. The molecule has 11 aromatic carbocycles. The van der Waals surface area contributed by atoms with Crippen LogP contribution >= 0.6 is 0 Å². The van der Waals surface area contributed by atoms with E-state index in [1.165, 1.54) is 54.6 Å². The van der Waals surface area contributed by atoms with Gasteiger partial charge in [-0.1, -0.05) is 176 Å². The second-order valence-corrected chi connectivity index (χ2v) is 16.5. The van der Waals surface area contributed by atoms with Crippen molar-refractivity contribution in [3.63, 3.8) is 0 Å². The van der Waals surface area contributed by atoms with Crippen molar-refractivity contribution in [2.24, 2.45) is 0 Å². The van der Waals surface area contributed by atoms with Crippen LogP contribution in [0.1, 0.15) is 0 Å². The lowest BCUT2D eigenvalue weighted by Crippen LogP contribution is -2.01. The Morgan fingerprint density at radius 2 is 0.730 bits per heavy atom. The first-order chi connectivity index (χ1) is 31.2. The van der Waals surface area contributed by atoms with Crippen molar-refractivity contribution in [2.75, 3.05) is 0 Å². The molecule has 0 bridgehead atoms. The summed E-state index contributed by atoms with van der Waals surface area (Å²) in [6.45, 7) is 0. The van der Waals surface area contributed by atoms with E-state index < -0.39 is 0 Å². The highest BCUT2D eigenvalue weighted by Crippen LogP contribution is 2.46. The molecule has 0 N–H and O–H groups in total. The molecule has 3 nitrogen and oxygen atoms in total. The van der Waals surface area contributed by atoms with Crippen LogP contribution in [0.5, 0.6) is 11.5 Å². The van der Waals surface area contributed by atoms with E-state index in [1.54, 1.807) is 0 Å². The molecule has 0 atom stereocenters. The zero-order valence-corrected chi connectivity index (χ0v) is 34.2. The van der Waals surface area contributed by atoms with E-state index in [0.717, 1.165) is 66.5 Å². The maximum absolute atomic E-state index is 7.44. The molecule has 13 rings (SSSR count). The van der Waals surface area contributed by atoms with E-state index in [9.17, 15) is 0 Å². The molecule has 0 saturated heterocycles. The first-order valence-electron chi connectivity index (χ1n) is 21.6. The van der Waals surface area contributed by atoms with Crippen LogP contribution in [-0.2, 0) is 0 Å². The van der Waals surface area contributed by atoms with Crippen LogP contribution in [0, 0.1) is 0 Å². The maximum Gasteiger partial charge on any atom is 0.143 e. The zero-order chi connectivity index (χ0) is 41.4. The third-order valence-corrected chi connectivity index (χ3v) is 12.9. The number of para-hydroxylation sites is 3. The van der Waals surface area contributed by atoms with Crippen molar-refractivity contribution in [2.45, 2.75) is 0 Å². The van der Waals surface area contributed by atoms with Gasteiger partial charge < -0.3 is 13.9 Å². The fourth-order valence-corrected chi connectivity index (χ4v) is 10.1. The number of hydrogen-bond acceptors (Lipinski definition) is 1. The number of benzene rings is 11. The molecule has 13 aromatic rings. The lowest BCUT2D eigenvalue weighted by Gasteiger charge is -2.20. The van der Waals surface area contributed by atoms with E-state index in [4.69, 9.17) is 4.74 Å². The van der Waals surface area contributed by atoms with Gasteiger partial charge in [-0.15, -0.1) is 0 Å². The molecule has 0 unspecified atom stereocenters. The Bertz CT molecular complexity index is 3840. The fourth-order valence-electron chi connectivity index (χ4n) is 10.1. The second-order valence-electron chi connectivity index (χ2n) is 16.5. The molecule has 0 aliphatic carbocycles. The van der Waals surface area contributed by atoms with Crippen molar-refractivity contribution in [3.05, 3.63) is 231 Å². The first-order valence-corrected chi connectivity index (χ1v) is 21.6. The summed E-state index contributed by atoms with van der Waals surface area (Å²) < 4.78 is 12.2. The highest BCUT2D eigenvalue weighted by Gasteiger charge is 2.21. The molecule has 2 aromatic heterocycles. The molecule has 0 saturated carbocycles. The molecule has 0 radical (unpaired) electrons. The average molecular weight is 803 g/mol. The Labute approximate surface area is 363 Å². The Kier molecular flexibility index (Phi) is 7.91. The van der Waals surface area contributed by atoms with Crippen molar-refractivity contribution in [1.29, 1.82) is 0 Å². The van der Waals surface area contributed by atoms with Crippen LogP contribution in [0.25, 0.3) is 110 Å². The number of hydrogen-bond donors (Lipinski definition) is 0. The predicted octanol–water partition coefficient (Wildman–Crippen LogP) is 16.5. The van der Waals surface area contributed by atoms with E-state index in [1.807, 2.05) is 0 Å². The van der Waals surface area contributed by atoms with Crippen LogP contribution in [-0.4, -0.2) is 9.13 Å². The highest BCUT2D eigenvalue weighted by molar-refractivity contribution is 6.18. The van der Waals surface area contributed by atoms with Gasteiger partial charge in [-0.2, -0.15) is 0 Å². The summed E-state index contributed by atoms with van der Waals surface area (Å²) in [6.07, 6.45) is 0. The number of nitrogens with zero attached hydrogens (tertiary/aromatic N) is 2. The summed E-state index contributed by atoms with van der Waals surface area (Å²) in [4.78, 5) is 0. The standard InChI is InChI=1S/C60H38N2O/c1-2-16-39(17-3-1)42-32-33-58-54(35-42)49-22-12-15-29-57(49)62(58)45-36-44(61-55-27-13-10-20-47(55)48-21-11-14-28-56(48)61)37-46(38-45)63-60-52-25-8-6-23-50(52)59(51-24-7-9-26-53(51)60)43-31-30-40-18-4-5-19-41(40)34-43/h1-38H. The Morgan fingerprint density at radius 1 is 0.270 bits per heavy atom. The van der Waals surface area contributed by atoms with Crippen molar-refractivity contribution in [3.8, 4) is 45.1 Å². The normalized spacial score (nSPS) is 11.8. The molecule has 0 aliphatic heterocycles. The lowest BCUT2D eigenvalue weighted by atomic mass is 9.90. The van der Waals surface area contributed by atoms with Crippen LogP contribution in [0.4, 0.5) is 0 Å². The summed E-state index contributed by atoms with van der Waals surface area (Å²) in [5, 5.41) is 11.7. The lowest BCUT2D eigenvalue weighted by molar-refractivity contribution is 0.493. The molecule has 0 amide bonds. The summed E-state index contributed by atoms with van der Waals surface area (Å²) in [6, 6.07) is 83.2. The van der Waals surface area contributed by atoms with Gasteiger partial charge >= 0.3 is 0 Å². The van der Waals surface area contributed by atoms with E-state index in [2.05, 4.69) is 240 Å². The number of fused-ring (bicyclic) bond motifs is 9. The van der Waals surface area contributed by atoms with Crippen LogP contribution in [0.3, 0.4) is 0 Å². The molecule has 3 heteroatoms. The van der Waals surface area contributed by atoms with Crippen molar-refractivity contribution in [1.82, 2.24) is 9.13 Å². The Morgan fingerprint density at radius 3 is 1.33 bits per heavy atom. The van der Waals surface area contributed by atoms with Gasteiger partial charge in [0.05, 0.1) is 33.4 Å². The first kappa shape index (κ1) is 35.4. The van der Waals surface area contributed by atoms with Gasteiger partial charge in [0.2, 0.25) is 0 Å². The average Bonchev–Trinajstić information content (AvgIpc) is 3.87. The van der Waals surface area contributed by atoms with Crippen molar-refractivity contribution >= 4 is 75.9 Å². The fraction of sp³-hybridized carbons (Fsp3) is 0. The minimum atomic E-state index is 0.755. The molecule has 63 heavy (non-hydrogen) atoms. The third kappa shape index (κ3) is 5.60. The largest absolute Gasteiger partial charge is 0.456 e. The van der Waals surface area contributed by atoms with Gasteiger partial charge in [-0.3, -0.25) is 0 Å². The van der Waals surface area contributed by atoms with Crippen LogP contribution in [0.2, 0.25) is 0 Å². The van der Waals surface area contributed by atoms with Gasteiger partial charge in [-0.05, 0) is 86.3 Å². The van der Waals surface area contributed by atoms with E-state index in [0.29, 0.717) is 0 Å². The SMILES string of the molecule is c1ccc(-c2ccc3c(c2)c2ccccc2n3-c2cc(Oc3c4ccccc4c(-c4ccc5ccccc5c4)c4ccccc34)cc(-n3c4ccccc4c4ccccc43)c2)cc1. The molecule has 2 heterocycles. The zero-order valence-electron chi connectivity index (χ0n) is 34.2. The van der Waals surface area contributed by atoms with Gasteiger partial charge in [0, 0.05) is 44.5 Å². The van der Waals surface area contributed by atoms with Gasteiger partial charge in [-0.25, -0.2) is 0 Å². The topological polar surface area (TPSA) is 19.1 Å². The van der Waals surface area contributed by atoms with Crippen LogP contribution < -0.4 is 4.74 Å². The quantitative estimate of drug-likeness (QED) is 0.153. The second kappa shape index (κ2) is 14.1. The molecular formula is C60H38N2O.